The smallest absolute Gasteiger partial charge is 0.218 e. The van der Waals surface area contributed by atoms with Crippen LogP contribution in [0.3, 0.4) is 0 Å². The zero-order valence-corrected chi connectivity index (χ0v) is 11.0. The largest absolute Gasteiger partial charge is 0.481 e. The number of rotatable bonds is 3. The van der Waals surface area contributed by atoms with Gasteiger partial charge in [0.15, 0.2) is 0 Å². The highest BCUT2D eigenvalue weighted by atomic mass is 35.5. The van der Waals surface area contributed by atoms with Crippen LogP contribution in [0.5, 0.6) is 5.88 Å². The number of aromatic nitrogens is 2. The molecule has 2 rings (SSSR count). The molecular formula is C11H19ClN4O. The summed E-state index contributed by atoms with van der Waals surface area (Å²) in [5.41, 5.74) is 0. The van der Waals surface area contributed by atoms with Gasteiger partial charge in [0.05, 0.1) is 7.11 Å². The number of hydrogen-bond donors (Lipinski definition) is 1. The second kappa shape index (κ2) is 6.61. The number of hydrogen-bond acceptors (Lipinski definition) is 5. The van der Waals surface area contributed by atoms with Gasteiger partial charge >= 0.3 is 0 Å². The molecule has 0 atom stereocenters. The van der Waals surface area contributed by atoms with Crippen LogP contribution >= 0.6 is 12.4 Å². The molecule has 96 valence electrons. The average Bonchev–Trinajstić information content (AvgIpc) is 2.39. The quantitative estimate of drug-likeness (QED) is 0.880. The molecule has 1 saturated heterocycles. The van der Waals surface area contributed by atoms with E-state index in [0.717, 1.165) is 31.7 Å². The molecule has 1 aliphatic heterocycles. The zero-order valence-electron chi connectivity index (χ0n) is 10.2. The summed E-state index contributed by atoms with van der Waals surface area (Å²) in [6.45, 7) is 2.07. The molecule has 1 fully saturated rings. The summed E-state index contributed by atoms with van der Waals surface area (Å²) in [4.78, 5) is 10.6. The zero-order chi connectivity index (χ0) is 11.4. The summed E-state index contributed by atoms with van der Waals surface area (Å²) in [5, 5.41) is 3.31. The van der Waals surface area contributed by atoms with Crippen molar-refractivity contribution in [2.24, 2.45) is 0 Å². The van der Waals surface area contributed by atoms with Crippen molar-refractivity contribution in [2.45, 2.75) is 18.9 Å². The highest BCUT2D eigenvalue weighted by molar-refractivity contribution is 5.85. The Morgan fingerprint density at radius 3 is 2.65 bits per heavy atom. The number of nitrogens with zero attached hydrogens (tertiary/aromatic N) is 3. The van der Waals surface area contributed by atoms with Gasteiger partial charge in [-0.3, -0.25) is 0 Å². The molecule has 6 heteroatoms. The highest BCUT2D eigenvalue weighted by Crippen LogP contribution is 2.19. The monoisotopic (exact) mass is 258 g/mol. The average molecular weight is 259 g/mol. The molecule has 0 aliphatic carbocycles. The molecule has 0 bridgehead atoms. The van der Waals surface area contributed by atoms with Gasteiger partial charge in [-0.1, -0.05) is 0 Å². The number of nitrogens with one attached hydrogen (secondary N) is 1. The van der Waals surface area contributed by atoms with Gasteiger partial charge in [-0.15, -0.1) is 12.4 Å². The molecule has 0 spiro atoms. The molecule has 2 heterocycles. The molecule has 1 aromatic rings. The summed E-state index contributed by atoms with van der Waals surface area (Å²) in [7, 11) is 3.65. The van der Waals surface area contributed by atoms with Crippen LogP contribution in [0.1, 0.15) is 12.8 Å². The Bertz CT molecular complexity index is 342. The van der Waals surface area contributed by atoms with Gasteiger partial charge < -0.3 is 15.0 Å². The fourth-order valence-electron chi connectivity index (χ4n) is 2.01. The van der Waals surface area contributed by atoms with E-state index in [2.05, 4.69) is 20.2 Å². The summed E-state index contributed by atoms with van der Waals surface area (Å²) >= 11 is 0. The fourth-order valence-corrected chi connectivity index (χ4v) is 2.01. The summed E-state index contributed by atoms with van der Waals surface area (Å²) < 4.78 is 5.10. The highest BCUT2D eigenvalue weighted by Gasteiger charge is 2.18. The molecule has 1 N–H and O–H groups in total. The van der Waals surface area contributed by atoms with Crippen LogP contribution in [0.25, 0.3) is 0 Å². The van der Waals surface area contributed by atoms with Gasteiger partial charge in [-0.2, -0.15) is 0 Å². The lowest BCUT2D eigenvalue weighted by molar-refractivity contribution is 0.395. The van der Waals surface area contributed by atoms with E-state index in [4.69, 9.17) is 4.74 Å². The first kappa shape index (κ1) is 14.0. The Labute approximate surface area is 108 Å². The van der Waals surface area contributed by atoms with Crippen molar-refractivity contribution in [3.63, 3.8) is 0 Å². The third-order valence-corrected chi connectivity index (χ3v) is 3.06. The van der Waals surface area contributed by atoms with Crippen molar-refractivity contribution in [3.8, 4) is 5.88 Å². The number of anilines is 1. The van der Waals surface area contributed by atoms with E-state index < -0.39 is 0 Å². The minimum absolute atomic E-state index is 0. The van der Waals surface area contributed by atoms with Crippen LogP contribution in [0, 0.1) is 0 Å². The lowest BCUT2D eigenvalue weighted by Crippen LogP contribution is -2.41. The lowest BCUT2D eigenvalue weighted by atomic mass is 10.1. The second-order valence-corrected chi connectivity index (χ2v) is 3.97. The van der Waals surface area contributed by atoms with Crippen molar-refractivity contribution in [1.29, 1.82) is 0 Å². The van der Waals surface area contributed by atoms with Gasteiger partial charge in [0, 0.05) is 25.2 Å². The van der Waals surface area contributed by atoms with Crippen LogP contribution in [-0.2, 0) is 0 Å². The molecule has 0 radical (unpaired) electrons. The Kier molecular flexibility index (Phi) is 5.44. The number of ether oxygens (including phenoxy) is 1. The molecule has 5 nitrogen and oxygen atoms in total. The standard InChI is InChI=1S/C11H18N4O.ClH/c1-12-9-3-5-15(6-4-9)10-7-11(16-2)14-8-13-10;/h7-9,12H,3-6H2,1-2H3;1H. The Morgan fingerprint density at radius 2 is 2.06 bits per heavy atom. The van der Waals surface area contributed by atoms with Gasteiger partial charge in [0.2, 0.25) is 5.88 Å². The van der Waals surface area contributed by atoms with Crippen LogP contribution < -0.4 is 15.0 Å². The minimum atomic E-state index is 0. The Morgan fingerprint density at radius 1 is 1.35 bits per heavy atom. The number of piperidine rings is 1. The normalized spacial score (nSPS) is 16.5. The number of halogens is 1. The molecule has 0 aromatic carbocycles. The Hall–Kier alpha value is -1.07. The van der Waals surface area contributed by atoms with Crippen molar-refractivity contribution < 1.29 is 4.74 Å². The molecule has 1 aliphatic rings. The van der Waals surface area contributed by atoms with E-state index in [1.807, 2.05) is 13.1 Å². The topological polar surface area (TPSA) is 50.3 Å². The molecule has 0 amide bonds. The number of methoxy groups -OCH3 is 1. The van der Waals surface area contributed by atoms with Gasteiger partial charge in [0.1, 0.15) is 12.1 Å². The van der Waals surface area contributed by atoms with E-state index in [9.17, 15) is 0 Å². The van der Waals surface area contributed by atoms with Crippen LogP contribution in [0.2, 0.25) is 0 Å². The maximum Gasteiger partial charge on any atom is 0.218 e. The van der Waals surface area contributed by atoms with E-state index >= 15 is 0 Å². The summed E-state index contributed by atoms with van der Waals surface area (Å²) in [5.74, 6) is 1.59. The minimum Gasteiger partial charge on any atom is -0.481 e. The van der Waals surface area contributed by atoms with Crippen LogP contribution in [-0.4, -0.2) is 43.3 Å². The van der Waals surface area contributed by atoms with Crippen molar-refractivity contribution in [3.05, 3.63) is 12.4 Å². The van der Waals surface area contributed by atoms with Crippen LogP contribution in [0.4, 0.5) is 5.82 Å². The lowest BCUT2D eigenvalue weighted by Gasteiger charge is -2.32. The van der Waals surface area contributed by atoms with E-state index in [-0.39, 0.29) is 12.4 Å². The molecule has 1 aromatic heterocycles. The molecule has 0 saturated carbocycles. The maximum atomic E-state index is 5.10. The molecule has 0 unspecified atom stereocenters. The van der Waals surface area contributed by atoms with Gasteiger partial charge in [0.25, 0.3) is 0 Å². The van der Waals surface area contributed by atoms with E-state index in [0.29, 0.717) is 11.9 Å². The van der Waals surface area contributed by atoms with Crippen molar-refractivity contribution in [1.82, 2.24) is 15.3 Å². The maximum absolute atomic E-state index is 5.10. The third kappa shape index (κ3) is 3.44. The van der Waals surface area contributed by atoms with Gasteiger partial charge in [-0.05, 0) is 19.9 Å². The fraction of sp³-hybridized carbons (Fsp3) is 0.636. The molecule has 17 heavy (non-hydrogen) atoms. The Balaban J connectivity index is 0.00000144. The predicted octanol–water partition coefficient (Wildman–Crippen LogP) is 1.10. The first-order valence-electron chi connectivity index (χ1n) is 5.61. The predicted molar refractivity (Wildman–Crippen MR) is 70.1 cm³/mol. The van der Waals surface area contributed by atoms with E-state index in [1.165, 1.54) is 0 Å². The third-order valence-electron chi connectivity index (χ3n) is 3.06. The SMILES string of the molecule is CNC1CCN(c2cc(OC)ncn2)CC1.Cl. The first-order chi connectivity index (χ1) is 7.83. The van der Waals surface area contributed by atoms with E-state index in [1.54, 1.807) is 13.4 Å². The summed E-state index contributed by atoms with van der Waals surface area (Å²) in [6, 6.07) is 2.53. The van der Waals surface area contributed by atoms with Gasteiger partial charge in [-0.25, -0.2) is 9.97 Å². The van der Waals surface area contributed by atoms with Crippen LogP contribution in [0.15, 0.2) is 12.4 Å². The second-order valence-electron chi connectivity index (χ2n) is 3.97. The molecular weight excluding hydrogens is 240 g/mol. The van der Waals surface area contributed by atoms with Crippen molar-refractivity contribution >= 4 is 18.2 Å². The van der Waals surface area contributed by atoms with Crippen molar-refractivity contribution in [2.75, 3.05) is 32.1 Å². The summed E-state index contributed by atoms with van der Waals surface area (Å²) in [6.07, 6.45) is 3.87. The first-order valence-corrected chi connectivity index (χ1v) is 5.61.